The lowest BCUT2D eigenvalue weighted by atomic mass is 10.2. The summed E-state index contributed by atoms with van der Waals surface area (Å²) < 4.78 is 23.7. The van der Waals surface area contributed by atoms with Crippen LogP contribution in [0.2, 0.25) is 0 Å². The Morgan fingerprint density at radius 2 is 1.92 bits per heavy atom. The van der Waals surface area contributed by atoms with Gasteiger partial charge in [0.1, 0.15) is 17.3 Å². The van der Waals surface area contributed by atoms with Gasteiger partial charge in [-0.1, -0.05) is 12.8 Å². The van der Waals surface area contributed by atoms with Crippen LogP contribution in [0.4, 0.5) is 5.82 Å². The van der Waals surface area contributed by atoms with Gasteiger partial charge in [0.2, 0.25) is 0 Å². The molecule has 2 fully saturated rings. The number of carbonyl (C=O) groups is 1. The van der Waals surface area contributed by atoms with Gasteiger partial charge in [-0.15, -0.1) is 0 Å². The first kappa shape index (κ1) is 19.1. The van der Waals surface area contributed by atoms with Crippen molar-refractivity contribution >= 4 is 21.6 Å². The van der Waals surface area contributed by atoms with E-state index in [1.807, 2.05) is 16.7 Å². The highest BCUT2D eigenvalue weighted by Gasteiger charge is 2.33. The van der Waals surface area contributed by atoms with Gasteiger partial charge in [0, 0.05) is 31.7 Å². The van der Waals surface area contributed by atoms with Gasteiger partial charge >= 0.3 is 0 Å². The fourth-order valence-corrected chi connectivity index (χ4v) is 5.60. The molecule has 0 bridgehead atoms. The number of hydrogen-bond donors (Lipinski definition) is 0. The number of nitrogens with zero attached hydrogens (tertiary/aromatic N) is 4. The topological polar surface area (TPSA) is 83.5 Å². The lowest BCUT2D eigenvalue weighted by Crippen LogP contribution is -2.37. The standard InChI is InChI=1S/C18H28N4O3S/c1-3-22(15-8-11-26(24,25)13-15)17-12-16(19-14(2)20-17)18(23)21-9-6-4-5-7-10-21/h12,15H,3-11,13H2,1-2H3. The van der Waals surface area contributed by atoms with Crippen LogP contribution in [0.3, 0.4) is 0 Å². The van der Waals surface area contributed by atoms with Crippen molar-refractivity contribution < 1.29 is 13.2 Å². The summed E-state index contributed by atoms with van der Waals surface area (Å²) in [6, 6.07) is 1.65. The van der Waals surface area contributed by atoms with Gasteiger partial charge in [0.15, 0.2) is 9.84 Å². The minimum atomic E-state index is -2.98. The third-order valence-corrected chi connectivity index (χ3v) is 6.97. The molecule has 0 spiro atoms. The van der Waals surface area contributed by atoms with E-state index < -0.39 is 9.84 Å². The van der Waals surface area contributed by atoms with Crippen LogP contribution in [0.15, 0.2) is 6.07 Å². The Morgan fingerprint density at radius 3 is 2.50 bits per heavy atom. The number of carbonyl (C=O) groups excluding carboxylic acids is 1. The molecule has 1 unspecified atom stereocenters. The van der Waals surface area contributed by atoms with E-state index >= 15 is 0 Å². The molecule has 144 valence electrons. The number of likely N-dealkylation sites (tertiary alicyclic amines) is 1. The summed E-state index contributed by atoms with van der Waals surface area (Å²) in [7, 11) is -2.98. The van der Waals surface area contributed by atoms with E-state index in [0.29, 0.717) is 30.3 Å². The lowest BCUT2D eigenvalue weighted by molar-refractivity contribution is 0.0755. The van der Waals surface area contributed by atoms with Gasteiger partial charge in [-0.3, -0.25) is 4.79 Å². The van der Waals surface area contributed by atoms with Crippen LogP contribution < -0.4 is 4.90 Å². The summed E-state index contributed by atoms with van der Waals surface area (Å²) in [5.74, 6) is 1.52. The molecule has 26 heavy (non-hydrogen) atoms. The Hall–Kier alpha value is -1.70. The van der Waals surface area contributed by atoms with E-state index in [1.54, 1.807) is 13.0 Å². The van der Waals surface area contributed by atoms with Crippen LogP contribution in [-0.2, 0) is 9.84 Å². The van der Waals surface area contributed by atoms with Crippen molar-refractivity contribution in [2.24, 2.45) is 0 Å². The molecule has 1 aromatic rings. The molecule has 2 aliphatic rings. The predicted octanol–water partition coefficient (Wildman–Crippen LogP) is 1.81. The monoisotopic (exact) mass is 380 g/mol. The fourth-order valence-electron chi connectivity index (χ4n) is 3.87. The number of sulfone groups is 1. The largest absolute Gasteiger partial charge is 0.353 e. The molecular weight excluding hydrogens is 352 g/mol. The Balaban J connectivity index is 1.85. The van der Waals surface area contributed by atoms with Crippen molar-refractivity contribution in [2.75, 3.05) is 36.0 Å². The highest BCUT2D eigenvalue weighted by atomic mass is 32.2. The van der Waals surface area contributed by atoms with E-state index in [0.717, 1.165) is 38.8 Å². The number of hydrogen-bond acceptors (Lipinski definition) is 6. The van der Waals surface area contributed by atoms with E-state index in [4.69, 9.17) is 0 Å². The molecule has 0 radical (unpaired) electrons. The quantitative estimate of drug-likeness (QED) is 0.792. The van der Waals surface area contributed by atoms with Crippen molar-refractivity contribution in [3.05, 3.63) is 17.6 Å². The zero-order valence-electron chi connectivity index (χ0n) is 15.6. The summed E-state index contributed by atoms with van der Waals surface area (Å²) in [5, 5.41) is 0. The smallest absolute Gasteiger partial charge is 0.272 e. The summed E-state index contributed by atoms with van der Waals surface area (Å²) >= 11 is 0. The van der Waals surface area contributed by atoms with Gasteiger partial charge in [-0.05, 0) is 33.1 Å². The maximum atomic E-state index is 12.9. The fraction of sp³-hybridized carbons (Fsp3) is 0.722. The van der Waals surface area contributed by atoms with Crippen molar-refractivity contribution in [1.29, 1.82) is 0 Å². The molecule has 7 nitrogen and oxygen atoms in total. The predicted molar refractivity (Wildman–Crippen MR) is 101 cm³/mol. The van der Waals surface area contributed by atoms with Gasteiger partial charge in [0.05, 0.1) is 11.5 Å². The number of anilines is 1. The highest BCUT2D eigenvalue weighted by Crippen LogP contribution is 2.24. The maximum absolute atomic E-state index is 12.9. The van der Waals surface area contributed by atoms with Crippen molar-refractivity contribution in [1.82, 2.24) is 14.9 Å². The van der Waals surface area contributed by atoms with E-state index in [-0.39, 0.29) is 23.5 Å². The van der Waals surface area contributed by atoms with Gasteiger partial charge in [-0.2, -0.15) is 0 Å². The SMILES string of the molecule is CCN(c1cc(C(=O)N2CCCCCC2)nc(C)n1)C1CCS(=O)(=O)C1. The second-order valence-corrected chi connectivity index (χ2v) is 9.44. The molecule has 2 aliphatic heterocycles. The molecule has 3 rings (SSSR count). The zero-order chi connectivity index (χ0) is 18.7. The molecule has 1 amide bonds. The van der Waals surface area contributed by atoms with E-state index in [1.165, 1.54) is 0 Å². The van der Waals surface area contributed by atoms with Crippen molar-refractivity contribution in [3.63, 3.8) is 0 Å². The van der Waals surface area contributed by atoms with Gasteiger partial charge < -0.3 is 9.80 Å². The molecule has 0 N–H and O–H groups in total. The Bertz CT molecular complexity index is 758. The Labute approximate surface area is 155 Å². The molecule has 1 aromatic heterocycles. The molecule has 3 heterocycles. The van der Waals surface area contributed by atoms with Crippen LogP contribution in [-0.4, -0.2) is 66.4 Å². The third-order valence-electron chi connectivity index (χ3n) is 5.22. The summed E-state index contributed by atoms with van der Waals surface area (Å²) in [5.41, 5.74) is 0.411. The molecule has 2 saturated heterocycles. The first-order valence-corrected chi connectivity index (χ1v) is 11.3. The highest BCUT2D eigenvalue weighted by molar-refractivity contribution is 7.91. The van der Waals surface area contributed by atoms with E-state index in [2.05, 4.69) is 9.97 Å². The Kier molecular flexibility index (Phi) is 5.79. The summed E-state index contributed by atoms with van der Waals surface area (Å²) in [6.07, 6.45) is 5.00. The summed E-state index contributed by atoms with van der Waals surface area (Å²) in [4.78, 5) is 25.7. The number of aromatic nitrogens is 2. The third kappa shape index (κ3) is 4.34. The summed E-state index contributed by atoms with van der Waals surface area (Å²) in [6.45, 7) is 5.96. The average molecular weight is 381 g/mol. The molecule has 8 heteroatoms. The van der Waals surface area contributed by atoms with Crippen LogP contribution in [0.5, 0.6) is 0 Å². The molecule has 0 aromatic carbocycles. The van der Waals surface area contributed by atoms with Crippen molar-refractivity contribution in [2.45, 2.75) is 52.0 Å². The molecule has 1 atom stereocenters. The zero-order valence-corrected chi connectivity index (χ0v) is 16.5. The molecular formula is C18H28N4O3S. The van der Waals surface area contributed by atoms with Crippen LogP contribution in [0, 0.1) is 6.92 Å². The first-order valence-electron chi connectivity index (χ1n) is 9.51. The average Bonchev–Trinajstić information content (AvgIpc) is 2.80. The maximum Gasteiger partial charge on any atom is 0.272 e. The molecule has 0 aliphatic carbocycles. The first-order chi connectivity index (χ1) is 12.4. The number of aryl methyl sites for hydroxylation is 1. The van der Waals surface area contributed by atoms with Gasteiger partial charge in [-0.25, -0.2) is 18.4 Å². The van der Waals surface area contributed by atoms with Crippen LogP contribution in [0.25, 0.3) is 0 Å². The second kappa shape index (κ2) is 7.90. The minimum absolute atomic E-state index is 0.0475. The van der Waals surface area contributed by atoms with Crippen LogP contribution >= 0.6 is 0 Å². The van der Waals surface area contributed by atoms with Crippen molar-refractivity contribution in [3.8, 4) is 0 Å². The molecule has 0 saturated carbocycles. The van der Waals surface area contributed by atoms with E-state index in [9.17, 15) is 13.2 Å². The minimum Gasteiger partial charge on any atom is -0.353 e. The number of rotatable bonds is 4. The van der Waals surface area contributed by atoms with Gasteiger partial charge in [0.25, 0.3) is 5.91 Å². The normalized spacial score (nSPS) is 22.8. The van der Waals surface area contributed by atoms with Crippen LogP contribution in [0.1, 0.15) is 55.3 Å². The Morgan fingerprint density at radius 1 is 1.23 bits per heavy atom. The second-order valence-electron chi connectivity index (χ2n) is 7.21. The lowest BCUT2D eigenvalue weighted by Gasteiger charge is -2.28. The number of amides is 1.